The van der Waals surface area contributed by atoms with Gasteiger partial charge in [0.15, 0.2) is 0 Å². The van der Waals surface area contributed by atoms with E-state index in [-0.39, 0.29) is 17.7 Å². The molecule has 6 nitrogen and oxygen atoms in total. The number of likely N-dealkylation sites (tertiary alicyclic amines) is 1. The molecule has 2 aliphatic rings. The number of hydrogen-bond acceptors (Lipinski definition) is 4. The fourth-order valence-electron chi connectivity index (χ4n) is 4.11. The van der Waals surface area contributed by atoms with Gasteiger partial charge in [-0.05, 0) is 50.0 Å². The van der Waals surface area contributed by atoms with E-state index in [4.69, 9.17) is 4.74 Å². The molecule has 0 aliphatic carbocycles. The van der Waals surface area contributed by atoms with Crippen molar-refractivity contribution in [2.45, 2.75) is 25.2 Å². The summed E-state index contributed by atoms with van der Waals surface area (Å²) < 4.78 is 7.64. The quantitative estimate of drug-likeness (QED) is 0.920. The molecule has 2 aromatic rings. The van der Waals surface area contributed by atoms with Gasteiger partial charge in [0.2, 0.25) is 5.91 Å². The minimum Gasteiger partial charge on any atom is -0.491 e. The zero-order valence-corrected chi connectivity index (χ0v) is 15.4. The van der Waals surface area contributed by atoms with E-state index < -0.39 is 0 Å². The first kappa shape index (κ1) is 17.1. The predicted octanol–water partition coefficient (Wildman–Crippen LogP) is 2.42. The molecule has 26 heavy (non-hydrogen) atoms. The van der Waals surface area contributed by atoms with Gasteiger partial charge >= 0.3 is 0 Å². The summed E-state index contributed by atoms with van der Waals surface area (Å²) in [6.07, 6.45) is 6.79. The maximum atomic E-state index is 13.1. The summed E-state index contributed by atoms with van der Waals surface area (Å²) in [5, 5.41) is 7.45. The van der Waals surface area contributed by atoms with Crippen LogP contribution in [0.15, 0.2) is 30.6 Å². The SMILES string of the molecule is CN1CCC(C(=O)Nc2cccc3c2OCCC3)C(c2cnn(C)c2)C1. The van der Waals surface area contributed by atoms with E-state index in [1.807, 2.05) is 31.6 Å². The average molecular weight is 354 g/mol. The zero-order chi connectivity index (χ0) is 18.1. The Bertz CT molecular complexity index is 801. The average Bonchev–Trinajstić information content (AvgIpc) is 3.08. The molecule has 1 N–H and O–H groups in total. The number of nitrogens with one attached hydrogen (secondary N) is 1. The smallest absolute Gasteiger partial charge is 0.228 e. The molecule has 0 spiro atoms. The lowest BCUT2D eigenvalue weighted by Crippen LogP contribution is -2.41. The van der Waals surface area contributed by atoms with Crippen LogP contribution in [0.1, 0.15) is 29.9 Å². The van der Waals surface area contributed by atoms with Gasteiger partial charge in [-0.25, -0.2) is 0 Å². The number of benzene rings is 1. The summed E-state index contributed by atoms with van der Waals surface area (Å²) >= 11 is 0. The number of ether oxygens (including phenoxy) is 1. The van der Waals surface area contributed by atoms with Gasteiger partial charge in [-0.15, -0.1) is 0 Å². The van der Waals surface area contributed by atoms with Gasteiger partial charge in [-0.3, -0.25) is 9.48 Å². The van der Waals surface area contributed by atoms with E-state index in [0.717, 1.165) is 49.4 Å². The monoisotopic (exact) mass is 354 g/mol. The Kier molecular flexibility index (Phi) is 4.68. The molecule has 0 radical (unpaired) electrons. The second-order valence-electron chi connectivity index (χ2n) is 7.45. The van der Waals surface area contributed by atoms with Crippen molar-refractivity contribution in [3.05, 3.63) is 41.7 Å². The van der Waals surface area contributed by atoms with E-state index >= 15 is 0 Å². The standard InChI is InChI=1S/C20H26N4O2/c1-23-9-8-16(17(13-23)15-11-21-24(2)12-15)20(25)22-18-7-3-5-14-6-4-10-26-19(14)18/h3,5,7,11-12,16-17H,4,6,8-10,13H2,1-2H3,(H,22,25). The molecular weight excluding hydrogens is 328 g/mol. The van der Waals surface area contributed by atoms with Crippen LogP contribution in [0, 0.1) is 5.92 Å². The maximum Gasteiger partial charge on any atom is 0.228 e. The third-order valence-electron chi connectivity index (χ3n) is 5.50. The summed E-state index contributed by atoms with van der Waals surface area (Å²) in [7, 11) is 4.03. The van der Waals surface area contributed by atoms with Crippen molar-refractivity contribution in [1.29, 1.82) is 0 Å². The molecule has 3 heterocycles. The summed E-state index contributed by atoms with van der Waals surface area (Å²) in [6.45, 7) is 2.51. The van der Waals surface area contributed by atoms with Gasteiger partial charge in [0, 0.05) is 31.6 Å². The lowest BCUT2D eigenvalue weighted by molar-refractivity contribution is -0.121. The topological polar surface area (TPSA) is 59.4 Å². The van der Waals surface area contributed by atoms with Crippen molar-refractivity contribution in [3.8, 4) is 5.75 Å². The number of fused-ring (bicyclic) bond motifs is 1. The maximum absolute atomic E-state index is 13.1. The third-order valence-corrected chi connectivity index (χ3v) is 5.50. The van der Waals surface area contributed by atoms with Gasteiger partial charge in [-0.2, -0.15) is 5.10 Å². The number of carbonyl (C=O) groups excluding carboxylic acids is 1. The van der Waals surface area contributed by atoms with E-state index in [0.29, 0.717) is 6.61 Å². The van der Waals surface area contributed by atoms with Crippen LogP contribution < -0.4 is 10.1 Å². The molecule has 1 saturated heterocycles. The highest BCUT2D eigenvalue weighted by Gasteiger charge is 2.35. The molecule has 0 saturated carbocycles. The number of aryl methyl sites for hydroxylation is 2. The number of likely N-dealkylation sites (N-methyl/N-ethyl adjacent to an activating group) is 1. The molecule has 4 rings (SSSR count). The number of amides is 1. The normalized spacial score (nSPS) is 23.2. The summed E-state index contributed by atoms with van der Waals surface area (Å²) in [4.78, 5) is 15.4. The van der Waals surface area contributed by atoms with E-state index in [1.165, 1.54) is 5.56 Å². The van der Waals surface area contributed by atoms with Crippen LogP contribution in [0.2, 0.25) is 0 Å². The van der Waals surface area contributed by atoms with Gasteiger partial charge in [0.1, 0.15) is 5.75 Å². The lowest BCUT2D eigenvalue weighted by Gasteiger charge is -2.35. The molecular formula is C20H26N4O2. The number of piperidine rings is 1. The van der Waals surface area contributed by atoms with Crippen LogP contribution in [-0.4, -0.2) is 47.3 Å². The number of hydrogen-bond donors (Lipinski definition) is 1. The number of para-hydroxylation sites is 1. The molecule has 1 aromatic carbocycles. The van der Waals surface area contributed by atoms with Gasteiger partial charge in [-0.1, -0.05) is 12.1 Å². The fraction of sp³-hybridized carbons (Fsp3) is 0.500. The van der Waals surface area contributed by atoms with Gasteiger partial charge in [0.25, 0.3) is 0 Å². The van der Waals surface area contributed by atoms with Crippen LogP contribution in [0.25, 0.3) is 0 Å². The molecule has 1 fully saturated rings. The van der Waals surface area contributed by atoms with Crippen molar-refractivity contribution >= 4 is 11.6 Å². The van der Waals surface area contributed by atoms with Crippen LogP contribution in [0.3, 0.4) is 0 Å². The third kappa shape index (κ3) is 3.33. The minimum absolute atomic E-state index is 0.0603. The molecule has 0 bridgehead atoms. The van der Waals surface area contributed by atoms with E-state index in [2.05, 4.69) is 28.4 Å². The second kappa shape index (κ2) is 7.11. The highest BCUT2D eigenvalue weighted by Crippen LogP contribution is 2.36. The van der Waals surface area contributed by atoms with Crippen LogP contribution in [-0.2, 0) is 18.3 Å². The number of nitrogens with zero attached hydrogens (tertiary/aromatic N) is 3. The Morgan fingerprint density at radius 3 is 3.04 bits per heavy atom. The number of carbonyl (C=O) groups is 1. The Balaban J connectivity index is 1.56. The van der Waals surface area contributed by atoms with Crippen LogP contribution >= 0.6 is 0 Å². The Morgan fingerprint density at radius 2 is 2.23 bits per heavy atom. The Hall–Kier alpha value is -2.34. The summed E-state index contributed by atoms with van der Waals surface area (Å²) in [5.41, 5.74) is 3.11. The number of aromatic nitrogens is 2. The first-order chi connectivity index (χ1) is 12.6. The van der Waals surface area contributed by atoms with Crippen LogP contribution in [0.4, 0.5) is 5.69 Å². The number of rotatable bonds is 3. The number of anilines is 1. The van der Waals surface area contributed by atoms with Gasteiger partial charge in [0.05, 0.1) is 18.5 Å². The largest absolute Gasteiger partial charge is 0.491 e. The molecule has 2 atom stereocenters. The van der Waals surface area contributed by atoms with E-state index in [9.17, 15) is 4.79 Å². The Labute approximate surface area is 154 Å². The predicted molar refractivity (Wildman–Crippen MR) is 100 cm³/mol. The van der Waals surface area contributed by atoms with E-state index in [1.54, 1.807) is 4.68 Å². The van der Waals surface area contributed by atoms with Crippen molar-refractivity contribution in [2.24, 2.45) is 13.0 Å². The molecule has 1 aromatic heterocycles. The molecule has 6 heteroatoms. The van der Waals surface area contributed by atoms with Crippen molar-refractivity contribution in [1.82, 2.24) is 14.7 Å². The first-order valence-corrected chi connectivity index (χ1v) is 9.34. The Morgan fingerprint density at radius 1 is 1.35 bits per heavy atom. The van der Waals surface area contributed by atoms with Crippen molar-refractivity contribution in [2.75, 3.05) is 32.1 Å². The summed E-state index contributed by atoms with van der Waals surface area (Å²) in [5.74, 6) is 1.02. The highest BCUT2D eigenvalue weighted by atomic mass is 16.5. The van der Waals surface area contributed by atoms with Gasteiger partial charge < -0.3 is 15.0 Å². The zero-order valence-electron chi connectivity index (χ0n) is 15.4. The summed E-state index contributed by atoms with van der Waals surface area (Å²) in [6, 6.07) is 6.02. The first-order valence-electron chi connectivity index (χ1n) is 9.34. The minimum atomic E-state index is -0.0603. The highest BCUT2D eigenvalue weighted by molar-refractivity contribution is 5.95. The molecule has 2 aliphatic heterocycles. The van der Waals surface area contributed by atoms with Crippen molar-refractivity contribution < 1.29 is 9.53 Å². The molecule has 2 unspecified atom stereocenters. The molecule has 1 amide bonds. The molecule has 138 valence electrons. The lowest BCUT2D eigenvalue weighted by atomic mass is 9.81. The van der Waals surface area contributed by atoms with Crippen LogP contribution in [0.5, 0.6) is 5.75 Å². The second-order valence-corrected chi connectivity index (χ2v) is 7.45. The van der Waals surface area contributed by atoms with Crippen molar-refractivity contribution in [3.63, 3.8) is 0 Å². The fourth-order valence-corrected chi connectivity index (χ4v) is 4.11.